The fourth-order valence-electron chi connectivity index (χ4n) is 3.71. The maximum atomic E-state index is 12.9. The Morgan fingerprint density at radius 1 is 1.17 bits per heavy atom. The van der Waals surface area contributed by atoms with Crippen molar-refractivity contribution in [1.82, 2.24) is 4.57 Å². The van der Waals surface area contributed by atoms with Crippen LogP contribution in [0.4, 0.5) is 11.5 Å². The second-order valence-electron chi connectivity index (χ2n) is 6.28. The first-order valence-corrected chi connectivity index (χ1v) is 7.87. The third-order valence-electron chi connectivity index (χ3n) is 4.80. The fraction of sp³-hybridized carbons (Fsp3) is 0.353. The molecular formula is C17H17N3O3. The molecule has 0 saturated carbocycles. The molecule has 0 spiro atoms. The van der Waals surface area contributed by atoms with Gasteiger partial charge in [-0.1, -0.05) is 12.1 Å². The Morgan fingerprint density at radius 3 is 2.87 bits per heavy atom. The Labute approximate surface area is 133 Å². The van der Waals surface area contributed by atoms with E-state index in [4.69, 9.17) is 0 Å². The summed E-state index contributed by atoms with van der Waals surface area (Å²) in [4.78, 5) is 25.7. The second kappa shape index (κ2) is 5.22. The highest BCUT2D eigenvalue weighted by molar-refractivity contribution is 5.67. The number of pyridine rings is 1. The third-order valence-corrected chi connectivity index (χ3v) is 4.80. The van der Waals surface area contributed by atoms with Crippen molar-refractivity contribution in [3.8, 4) is 11.1 Å². The molecule has 0 radical (unpaired) electrons. The number of hydrogen-bond acceptors (Lipinski definition) is 4. The van der Waals surface area contributed by atoms with Crippen LogP contribution in [0.2, 0.25) is 0 Å². The molecule has 0 amide bonds. The maximum absolute atomic E-state index is 12.9. The maximum Gasteiger partial charge on any atom is 0.270 e. The van der Waals surface area contributed by atoms with Crippen LogP contribution in [-0.4, -0.2) is 22.6 Å². The van der Waals surface area contributed by atoms with Gasteiger partial charge in [-0.2, -0.15) is 0 Å². The van der Waals surface area contributed by atoms with Gasteiger partial charge in [-0.15, -0.1) is 0 Å². The number of hydrogen-bond donors (Lipinski definition) is 0. The number of nitrogens with zero attached hydrogens (tertiary/aromatic N) is 3. The predicted octanol–water partition coefficient (Wildman–Crippen LogP) is 2.65. The van der Waals surface area contributed by atoms with Crippen LogP contribution < -0.4 is 10.5 Å². The zero-order valence-electron chi connectivity index (χ0n) is 12.6. The van der Waals surface area contributed by atoms with Gasteiger partial charge in [0, 0.05) is 37.3 Å². The molecule has 0 aliphatic carbocycles. The summed E-state index contributed by atoms with van der Waals surface area (Å²) in [6.07, 6.45) is 2.33. The Hall–Kier alpha value is -2.63. The normalized spacial score (nSPS) is 19.3. The number of anilines is 1. The lowest BCUT2D eigenvalue weighted by atomic mass is 9.95. The molecule has 1 aromatic heterocycles. The smallest absolute Gasteiger partial charge is 0.270 e. The van der Waals surface area contributed by atoms with Crippen LogP contribution in [0.25, 0.3) is 11.1 Å². The first-order chi connectivity index (χ1) is 11.1. The number of non-ortho nitro benzene ring substituents is 1. The van der Waals surface area contributed by atoms with E-state index in [1.165, 1.54) is 18.6 Å². The van der Waals surface area contributed by atoms with E-state index in [0.29, 0.717) is 17.0 Å². The highest BCUT2D eigenvalue weighted by Crippen LogP contribution is 2.30. The van der Waals surface area contributed by atoms with Gasteiger partial charge in [0.15, 0.2) is 0 Å². The van der Waals surface area contributed by atoms with Crippen LogP contribution in [0.1, 0.15) is 12.8 Å². The van der Waals surface area contributed by atoms with Crippen molar-refractivity contribution in [2.24, 2.45) is 5.92 Å². The molecule has 2 aliphatic rings. The molecule has 1 saturated heterocycles. The van der Waals surface area contributed by atoms with Crippen LogP contribution >= 0.6 is 0 Å². The molecule has 1 unspecified atom stereocenters. The molecule has 1 fully saturated rings. The highest BCUT2D eigenvalue weighted by Gasteiger charge is 2.29. The molecule has 118 valence electrons. The van der Waals surface area contributed by atoms with E-state index in [1.807, 2.05) is 10.6 Å². The van der Waals surface area contributed by atoms with Crippen LogP contribution in [-0.2, 0) is 6.54 Å². The van der Waals surface area contributed by atoms with E-state index in [9.17, 15) is 14.9 Å². The van der Waals surface area contributed by atoms with Gasteiger partial charge in [0.1, 0.15) is 5.82 Å². The standard InChI is InChI=1S/C17H17N3O3/c21-17-15(13-4-1-5-14(9-13)20(22)23)6-7-16-18-8-2-3-12(10-18)11-19(16)17/h1,4-7,9,12H,2-3,8,10-11H2. The number of rotatable bonds is 2. The lowest BCUT2D eigenvalue weighted by molar-refractivity contribution is -0.384. The lowest BCUT2D eigenvalue weighted by Crippen LogP contribution is -2.46. The van der Waals surface area contributed by atoms with Gasteiger partial charge in [-0.05, 0) is 36.5 Å². The molecule has 0 N–H and O–H groups in total. The monoisotopic (exact) mass is 311 g/mol. The first-order valence-electron chi connectivity index (χ1n) is 7.87. The number of benzene rings is 1. The largest absolute Gasteiger partial charge is 0.358 e. The molecule has 3 heterocycles. The summed E-state index contributed by atoms with van der Waals surface area (Å²) in [6.45, 7) is 2.76. The SMILES string of the molecule is O=c1c(-c2cccc([N+](=O)[O-])c2)ccc2n1CC1CCCN2C1. The Balaban J connectivity index is 1.83. The van der Waals surface area contributed by atoms with Crippen molar-refractivity contribution in [2.45, 2.75) is 19.4 Å². The molecule has 4 rings (SSSR count). The second-order valence-corrected chi connectivity index (χ2v) is 6.28. The summed E-state index contributed by atoms with van der Waals surface area (Å²) in [5.41, 5.74) is 1.08. The third kappa shape index (κ3) is 2.30. The minimum atomic E-state index is -0.435. The molecule has 2 aliphatic heterocycles. The topological polar surface area (TPSA) is 68.4 Å². The Morgan fingerprint density at radius 2 is 2.04 bits per heavy atom. The van der Waals surface area contributed by atoms with Crippen molar-refractivity contribution >= 4 is 11.5 Å². The summed E-state index contributed by atoms with van der Waals surface area (Å²) < 4.78 is 1.83. The summed E-state index contributed by atoms with van der Waals surface area (Å²) in [6, 6.07) is 10.0. The molecular weight excluding hydrogens is 294 g/mol. The van der Waals surface area contributed by atoms with Gasteiger partial charge in [0.05, 0.1) is 4.92 Å². The number of aromatic nitrogens is 1. The highest BCUT2D eigenvalue weighted by atomic mass is 16.6. The molecule has 23 heavy (non-hydrogen) atoms. The zero-order valence-corrected chi connectivity index (χ0v) is 12.6. The van der Waals surface area contributed by atoms with Gasteiger partial charge in [0.25, 0.3) is 11.2 Å². The molecule has 1 aromatic carbocycles. The zero-order chi connectivity index (χ0) is 16.0. The average molecular weight is 311 g/mol. The summed E-state index contributed by atoms with van der Waals surface area (Å²) >= 11 is 0. The molecule has 2 bridgehead atoms. The van der Waals surface area contributed by atoms with Gasteiger partial charge < -0.3 is 4.90 Å². The minimum absolute atomic E-state index is 0.00485. The summed E-state index contributed by atoms with van der Waals surface area (Å²) in [5, 5.41) is 11.0. The number of nitro benzene ring substituents is 1. The van der Waals surface area contributed by atoms with E-state index in [-0.39, 0.29) is 11.2 Å². The van der Waals surface area contributed by atoms with Gasteiger partial charge in [-0.25, -0.2) is 0 Å². The van der Waals surface area contributed by atoms with Crippen LogP contribution in [0, 0.1) is 16.0 Å². The van der Waals surface area contributed by atoms with E-state index in [2.05, 4.69) is 4.90 Å². The predicted molar refractivity (Wildman–Crippen MR) is 87.7 cm³/mol. The Bertz CT molecular complexity index is 843. The van der Waals surface area contributed by atoms with E-state index >= 15 is 0 Å². The first kappa shape index (κ1) is 14.0. The molecule has 2 aromatic rings. The molecule has 1 atom stereocenters. The number of piperidine rings is 1. The lowest BCUT2D eigenvalue weighted by Gasteiger charge is -2.41. The van der Waals surface area contributed by atoms with Gasteiger partial charge >= 0.3 is 0 Å². The van der Waals surface area contributed by atoms with Crippen LogP contribution in [0.15, 0.2) is 41.2 Å². The van der Waals surface area contributed by atoms with Crippen LogP contribution in [0.5, 0.6) is 0 Å². The van der Waals surface area contributed by atoms with E-state index in [1.54, 1.807) is 18.2 Å². The summed E-state index contributed by atoms with van der Waals surface area (Å²) in [5.74, 6) is 1.49. The molecule has 6 heteroatoms. The van der Waals surface area contributed by atoms with Crippen molar-refractivity contribution < 1.29 is 4.92 Å². The van der Waals surface area contributed by atoms with Crippen molar-refractivity contribution in [2.75, 3.05) is 18.0 Å². The number of nitro groups is 1. The molecule has 6 nitrogen and oxygen atoms in total. The Kier molecular flexibility index (Phi) is 3.18. The van der Waals surface area contributed by atoms with Gasteiger partial charge in [-0.3, -0.25) is 19.5 Å². The van der Waals surface area contributed by atoms with Gasteiger partial charge in [0.2, 0.25) is 0 Å². The number of fused-ring (bicyclic) bond motifs is 4. The summed E-state index contributed by atoms with van der Waals surface area (Å²) in [7, 11) is 0. The minimum Gasteiger partial charge on any atom is -0.358 e. The van der Waals surface area contributed by atoms with Crippen molar-refractivity contribution in [3.05, 3.63) is 56.9 Å². The van der Waals surface area contributed by atoms with E-state index < -0.39 is 4.92 Å². The quantitative estimate of drug-likeness (QED) is 0.631. The van der Waals surface area contributed by atoms with Crippen molar-refractivity contribution in [1.29, 1.82) is 0 Å². The fourth-order valence-corrected chi connectivity index (χ4v) is 3.71. The van der Waals surface area contributed by atoms with Crippen molar-refractivity contribution in [3.63, 3.8) is 0 Å². The average Bonchev–Trinajstić information content (AvgIpc) is 2.56. The van der Waals surface area contributed by atoms with E-state index in [0.717, 1.165) is 31.9 Å². The van der Waals surface area contributed by atoms with Crippen LogP contribution in [0.3, 0.4) is 0 Å².